The quantitative estimate of drug-likeness (QED) is 0.746. The molecule has 0 unspecified atom stereocenters. The summed E-state index contributed by atoms with van der Waals surface area (Å²) in [4.78, 5) is 12.9. The first-order chi connectivity index (χ1) is 7.09. The third-order valence-electron chi connectivity index (χ3n) is 2.37. The lowest BCUT2D eigenvalue weighted by molar-refractivity contribution is 0.0598. The minimum absolute atomic E-state index is 0.0798. The summed E-state index contributed by atoms with van der Waals surface area (Å²) in [6, 6.07) is 3.28. The second-order valence-corrected chi connectivity index (χ2v) is 3.57. The minimum atomic E-state index is -0.833. The third kappa shape index (κ3) is 1.70. The summed E-state index contributed by atoms with van der Waals surface area (Å²) < 4.78 is 26.4. The SMILES string of the molecule is NC1CN(C(=O)c2c(F)cccc2F)C1. The Morgan fingerprint density at radius 3 is 2.33 bits per heavy atom. The van der Waals surface area contributed by atoms with Crippen molar-refractivity contribution in [2.45, 2.75) is 6.04 Å². The van der Waals surface area contributed by atoms with Gasteiger partial charge in [0, 0.05) is 19.1 Å². The highest BCUT2D eigenvalue weighted by Gasteiger charge is 2.31. The first kappa shape index (κ1) is 10.0. The van der Waals surface area contributed by atoms with Crippen molar-refractivity contribution >= 4 is 5.91 Å². The van der Waals surface area contributed by atoms with Crippen LogP contribution in [-0.4, -0.2) is 29.9 Å². The monoisotopic (exact) mass is 212 g/mol. The van der Waals surface area contributed by atoms with Gasteiger partial charge < -0.3 is 10.6 Å². The van der Waals surface area contributed by atoms with Crippen LogP contribution in [0.1, 0.15) is 10.4 Å². The normalized spacial score (nSPS) is 16.3. The summed E-state index contributed by atoms with van der Waals surface area (Å²) in [5.41, 5.74) is 4.98. The summed E-state index contributed by atoms with van der Waals surface area (Å²) in [7, 11) is 0. The molecule has 0 radical (unpaired) electrons. The van der Waals surface area contributed by atoms with E-state index in [0.717, 1.165) is 12.1 Å². The number of hydrogen-bond acceptors (Lipinski definition) is 2. The van der Waals surface area contributed by atoms with E-state index in [2.05, 4.69) is 0 Å². The largest absolute Gasteiger partial charge is 0.335 e. The Morgan fingerprint density at radius 2 is 1.87 bits per heavy atom. The maximum absolute atomic E-state index is 13.2. The molecule has 1 amide bonds. The highest BCUT2D eigenvalue weighted by Crippen LogP contribution is 2.17. The fourth-order valence-electron chi connectivity index (χ4n) is 1.54. The molecule has 80 valence electrons. The van der Waals surface area contributed by atoms with Gasteiger partial charge in [0.05, 0.1) is 0 Å². The number of rotatable bonds is 1. The fraction of sp³-hybridized carbons (Fsp3) is 0.300. The number of hydrogen-bond donors (Lipinski definition) is 1. The van der Waals surface area contributed by atoms with Crippen LogP contribution in [0.25, 0.3) is 0 Å². The van der Waals surface area contributed by atoms with Gasteiger partial charge in [0.25, 0.3) is 5.91 Å². The Hall–Kier alpha value is -1.49. The number of nitrogens with zero attached hydrogens (tertiary/aromatic N) is 1. The molecule has 15 heavy (non-hydrogen) atoms. The second-order valence-electron chi connectivity index (χ2n) is 3.57. The van der Waals surface area contributed by atoms with Crippen LogP contribution in [0.2, 0.25) is 0 Å². The summed E-state index contributed by atoms with van der Waals surface area (Å²) >= 11 is 0. The van der Waals surface area contributed by atoms with Crippen molar-refractivity contribution in [1.29, 1.82) is 0 Å². The molecule has 1 aliphatic heterocycles. The number of carbonyl (C=O) groups excluding carboxylic acids is 1. The molecule has 1 saturated heterocycles. The van der Waals surface area contributed by atoms with Crippen LogP contribution >= 0.6 is 0 Å². The first-order valence-corrected chi connectivity index (χ1v) is 4.58. The number of likely N-dealkylation sites (tertiary alicyclic amines) is 1. The molecule has 2 N–H and O–H groups in total. The van der Waals surface area contributed by atoms with E-state index in [1.54, 1.807) is 0 Å². The Kier molecular flexibility index (Phi) is 2.40. The number of carbonyl (C=O) groups is 1. The zero-order valence-electron chi connectivity index (χ0n) is 7.91. The maximum atomic E-state index is 13.2. The Morgan fingerprint density at radius 1 is 1.33 bits per heavy atom. The topological polar surface area (TPSA) is 46.3 Å². The third-order valence-corrected chi connectivity index (χ3v) is 2.37. The molecule has 0 atom stereocenters. The van der Waals surface area contributed by atoms with E-state index in [0.29, 0.717) is 13.1 Å². The molecule has 0 aliphatic carbocycles. The molecular weight excluding hydrogens is 202 g/mol. The Balaban J connectivity index is 2.26. The molecular formula is C10H10F2N2O. The van der Waals surface area contributed by atoms with E-state index in [9.17, 15) is 13.6 Å². The molecule has 1 heterocycles. The van der Waals surface area contributed by atoms with E-state index in [1.807, 2.05) is 0 Å². The summed E-state index contributed by atoms with van der Waals surface area (Å²) in [6.45, 7) is 0.708. The molecule has 1 aromatic rings. The van der Waals surface area contributed by atoms with Gasteiger partial charge in [-0.25, -0.2) is 8.78 Å². The van der Waals surface area contributed by atoms with Crippen LogP contribution in [0.4, 0.5) is 8.78 Å². The van der Waals surface area contributed by atoms with E-state index in [-0.39, 0.29) is 6.04 Å². The zero-order valence-corrected chi connectivity index (χ0v) is 7.91. The maximum Gasteiger partial charge on any atom is 0.259 e. The van der Waals surface area contributed by atoms with E-state index in [1.165, 1.54) is 11.0 Å². The summed E-state index contributed by atoms with van der Waals surface area (Å²) in [5.74, 6) is -2.30. The molecule has 0 saturated carbocycles. The van der Waals surface area contributed by atoms with Gasteiger partial charge in [0.2, 0.25) is 0 Å². The van der Waals surface area contributed by atoms with Crippen molar-refractivity contribution in [2.24, 2.45) is 5.73 Å². The molecule has 1 fully saturated rings. The number of halogens is 2. The minimum Gasteiger partial charge on any atom is -0.335 e. The van der Waals surface area contributed by atoms with Gasteiger partial charge in [-0.2, -0.15) is 0 Å². The van der Waals surface area contributed by atoms with Crippen molar-refractivity contribution < 1.29 is 13.6 Å². The smallest absolute Gasteiger partial charge is 0.259 e. The van der Waals surface area contributed by atoms with E-state index < -0.39 is 23.1 Å². The molecule has 0 aromatic heterocycles. The van der Waals surface area contributed by atoms with Crippen LogP contribution in [0.3, 0.4) is 0 Å². The van der Waals surface area contributed by atoms with Crippen LogP contribution < -0.4 is 5.73 Å². The van der Waals surface area contributed by atoms with Gasteiger partial charge in [0.1, 0.15) is 17.2 Å². The molecule has 0 spiro atoms. The zero-order chi connectivity index (χ0) is 11.0. The number of amides is 1. The van der Waals surface area contributed by atoms with Crippen LogP contribution in [-0.2, 0) is 0 Å². The van der Waals surface area contributed by atoms with Crippen LogP contribution in [0, 0.1) is 11.6 Å². The molecule has 3 nitrogen and oxygen atoms in total. The standard InChI is InChI=1S/C10H10F2N2O/c11-7-2-1-3-8(12)9(7)10(15)14-4-6(13)5-14/h1-3,6H,4-5,13H2. The predicted octanol–water partition coefficient (Wildman–Crippen LogP) is 0.748. The lowest BCUT2D eigenvalue weighted by Crippen LogP contribution is -2.58. The number of benzene rings is 1. The van der Waals surface area contributed by atoms with Crippen molar-refractivity contribution in [3.05, 3.63) is 35.4 Å². The van der Waals surface area contributed by atoms with Gasteiger partial charge in [-0.3, -0.25) is 4.79 Å². The first-order valence-electron chi connectivity index (χ1n) is 4.58. The second kappa shape index (κ2) is 3.58. The van der Waals surface area contributed by atoms with Crippen molar-refractivity contribution in [2.75, 3.05) is 13.1 Å². The van der Waals surface area contributed by atoms with E-state index in [4.69, 9.17) is 5.73 Å². The Labute approximate surface area is 85.5 Å². The predicted molar refractivity (Wildman–Crippen MR) is 50.2 cm³/mol. The highest BCUT2D eigenvalue weighted by atomic mass is 19.1. The van der Waals surface area contributed by atoms with Crippen LogP contribution in [0.5, 0.6) is 0 Å². The van der Waals surface area contributed by atoms with Gasteiger partial charge >= 0.3 is 0 Å². The Bertz CT molecular complexity index is 382. The van der Waals surface area contributed by atoms with E-state index >= 15 is 0 Å². The molecule has 1 aromatic carbocycles. The fourth-order valence-corrected chi connectivity index (χ4v) is 1.54. The molecule has 1 aliphatic rings. The van der Waals surface area contributed by atoms with Gasteiger partial charge in [-0.15, -0.1) is 0 Å². The average Bonchev–Trinajstić information content (AvgIpc) is 2.12. The molecule has 0 bridgehead atoms. The number of nitrogens with two attached hydrogens (primary N) is 1. The average molecular weight is 212 g/mol. The van der Waals surface area contributed by atoms with Gasteiger partial charge in [-0.05, 0) is 12.1 Å². The highest BCUT2D eigenvalue weighted by molar-refractivity contribution is 5.95. The molecule has 2 rings (SSSR count). The lowest BCUT2D eigenvalue weighted by Gasteiger charge is -2.36. The summed E-state index contributed by atoms with van der Waals surface area (Å²) in [6.07, 6.45) is 0. The van der Waals surface area contributed by atoms with Gasteiger partial charge in [-0.1, -0.05) is 6.07 Å². The van der Waals surface area contributed by atoms with Crippen molar-refractivity contribution in [3.8, 4) is 0 Å². The van der Waals surface area contributed by atoms with Gasteiger partial charge in [0.15, 0.2) is 0 Å². The van der Waals surface area contributed by atoms with Crippen LogP contribution in [0.15, 0.2) is 18.2 Å². The summed E-state index contributed by atoms with van der Waals surface area (Å²) in [5, 5.41) is 0. The van der Waals surface area contributed by atoms with Crippen molar-refractivity contribution in [3.63, 3.8) is 0 Å². The lowest BCUT2D eigenvalue weighted by atomic mass is 10.1. The molecule has 5 heteroatoms. The van der Waals surface area contributed by atoms with Crippen molar-refractivity contribution in [1.82, 2.24) is 4.90 Å².